The van der Waals surface area contributed by atoms with Gasteiger partial charge in [-0.1, -0.05) is 332 Å². The second kappa shape index (κ2) is 65.2. The number of ether oxygens (including phenoxy) is 4. The van der Waals surface area contributed by atoms with Gasteiger partial charge < -0.3 is 28.5 Å². The molecule has 0 spiro atoms. The Balaban J connectivity index is 4.02. The highest BCUT2D eigenvalue weighted by Crippen LogP contribution is 2.19. The number of quaternary nitrogens is 1. The Hall–Kier alpha value is -2.75. The van der Waals surface area contributed by atoms with Crippen LogP contribution in [0.2, 0.25) is 0 Å². The number of hydrogen-bond donors (Lipinski definition) is 1. The standard InChI is InChI=1S/C74H137NO8/c1-6-8-10-12-14-16-18-20-22-24-26-28-30-31-32-33-34-35-36-37-38-39-40-41-43-45-47-49-51-53-55-57-59-61-63-65-72(77)83-70(69-82-74(73(78)79)80-67-66-75(3,4)5)68-81-71(76)64-62-60-58-56-54-52-50-48-46-44-42-29-27-25-23-21-19-17-15-13-11-9-7-2/h8,10,14,16,20,22,26,28,70,74H,6-7,9,11-13,15,17-19,21,23-25,27,29-69H2,1-5H3/p+1/b10-8-,16-14-,22-20-,28-26-. The molecule has 0 aromatic heterocycles. The number of unbranched alkanes of at least 4 members (excludes halogenated alkanes) is 44. The number of hydrogen-bond acceptors (Lipinski definition) is 7. The van der Waals surface area contributed by atoms with Gasteiger partial charge in [-0.15, -0.1) is 0 Å². The zero-order valence-corrected chi connectivity index (χ0v) is 55.6. The SMILES string of the molecule is CC/C=C\C/C=C\C/C=C\C/C=C\CCCCCCCCCCCCCCCCCCCCCCCCC(=O)OC(COC(=O)CCCCCCCCCCCCCCCCCCCCCCCCC)COC(OCC[N+](C)(C)C)C(=O)O. The van der Waals surface area contributed by atoms with E-state index in [2.05, 4.69) is 62.5 Å². The van der Waals surface area contributed by atoms with E-state index in [4.69, 9.17) is 18.9 Å². The van der Waals surface area contributed by atoms with E-state index in [0.29, 0.717) is 17.4 Å². The maximum absolute atomic E-state index is 12.9. The van der Waals surface area contributed by atoms with Gasteiger partial charge in [-0.3, -0.25) is 9.59 Å². The van der Waals surface area contributed by atoms with Crippen molar-refractivity contribution in [2.45, 2.75) is 360 Å². The summed E-state index contributed by atoms with van der Waals surface area (Å²) in [5, 5.41) is 9.75. The van der Waals surface area contributed by atoms with Crippen molar-refractivity contribution in [3.63, 3.8) is 0 Å². The quantitative estimate of drug-likeness (QED) is 0.0211. The Morgan fingerprint density at radius 2 is 0.687 bits per heavy atom. The van der Waals surface area contributed by atoms with Crippen molar-refractivity contribution in [2.24, 2.45) is 0 Å². The van der Waals surface area contributed by atoms with Crippen LogP contribution in [0.1, 0.15) is 348 Å². The second-order valence-corrected chi connectivity index (χ2v) is 25.5. The molecule has 9 nitrogen and oxygen atoms in total. The molecule has 486 valence electrons. The molecule has 2 unspecified atom stereocenters. The van der Waals surface area contributed by atoms with Gasteiger partial charge in [-0.25, -0.2) is 4.79 Å². The topological polar surface area (TPSA) is 108 Å². The molecule has 0 aliphatic heterocycles. The highest BCUT2D eigenvalue weighted by Gasteiger charge is 2.25. The number of likely N-dealkylation sites (N-methyl/N-ethyl adjacent to an activating group) is 1. The number of carbonyl (C=O) groups is 3. The molecule has 0 rings (SSSR count). The lowest BCUT2D eigenvalue weighted by Gasteiger charge is -2.25. The maximum Gasteiger partial charge on any atom is 0.361 e. The van der Waals surface area contributed by atoms with E-state index in [9.17, 15) is 19.5 Å². The normalized spacial score (nSPS) is 12.9. The maximum atomic E-state index is 12.9. The number of nitrogens with zero attached hydrogens (tertiary/aromatic N) is 1. The molecule has 83 heavy (non-hydrogen) atoms. The minimum atomic E-state index is -1.51. The first kappa shape index (κ1) is 80.2. The van der Waals surface area contributed by atoms with Crippen LogP contribution in [0.4, 0.5) is 0 Å². The second-order valence-electron chi connectivity index (χ2n) is 25.5. The fourth-order valence-corrected chi connectivity index (χ4v) is 10.7. The molecule has 9 heteroatoms. The number of carboxylic acids is 1. The van der Waals surface area contributed by atoms with Gasteiger partial charge in [0.15, 0.2) is 6.10 Å². The van der Waals surface area contributed by atoms with E-state index in [1.54, 1.807) is 0 Å². The van der Waals surface area contributed by atoms with Crippen molar-refractivity contribution in [3.05, 3.63) is 48.6 Å². The van der Waals surface area contributed by atoms with Crippen LogP contribution >= 0.6 is 0 Å². The number of carbonyl (C=O) groups excluding carboxylic acids is 2. The predicted molar refractivity (Wildman–Crippen MR) is 355 cm³/mol. The minimum absolute atomic E-state index is 0.175. The van der Waals surface area contributed by atoms with E-state index >= 15 is 0 Å². The van der Waals surface area contributed by atoms with Gasteiger partial charge in [0.05, 0.1) is 34.4 Å². The summed E-state index contributed by atoms with van der Waals surface area (Å²) in [6, 6.07) is 0. The van der Waals surface area contributed by atoms with Crippen molar-refractivity contribution < 1.29 is 42.9 Å². The Morgan fingerprint density at radius 1 is 0.373 bits per heavy atom. The molecule has 0 saturated carbocycles. The summed E-state index contributed by atoms with van der Waals surface area (Å²) in [5.41, 5.74) is 0. The van der Waals surface area contributed by atoms with Crippen LogP contribution < -0.4 is 0 Å². The molecule has 0 heterocycles. The molecule has 0 amide bonds. The van der Waals surface area contributed by atoms with Gasteiger partial charge in [0, 0.05) is 12.8 Å². The fraction of sp³-hybridized carbons (Fsp3) is 0.851. The number of allylic oxidation sites excluding steroid dienone is 8. The third kappa shape index (κ3) is 66.6. The zero-order valence-electron chi connectivity index (χ0n) is 55.6. The zero-order chi connectivity index (χ0) is 60.5. The summed E-state index contributed by atoms with van der Waals surface area (Å²) in [7, 11) is 5.99. The Morgan fingerprint density at radius 3 is 1.02 bits per heavy atom. The van der Waals surface area contributed by atoms with Gasteiger partial charge in [-0.05, 0) is 51.4 Å². The van der Waals surface area contributed by atoms with Crippen LogP contribution in [0.15, 0.2) is 48.6 Å². The Bertz CT molecular complexity index is 1500. The molecule has 0 aromatic rings. The number of rotatable bonds is 67. The molecule has 0 aliphatic rings. The predicted octanol–water partition coefficient (Wildman–Crippen LogP) is 22.1. The lowest BCUT2D eigenvalue weighted by atomic mass is 10.0. The average Bonchev–Trinajstić information content (AvgIpc) is 3.46. The van der Waals surface area contributed by atoms with E-state index in [1.807, 2.05) is 21.1 Å². The van der Waals surface area contributed by atoms with Crippen LogP contribution in [0, 0.1) is 0 Å². The molecule has 0 saturated heterocycles. The van der Waals surface area contributed by atoms with Crippen LogP contribution in [-0.4, -0.2) is 87.4 Å². The highest BCUT2D eigenvalue weighted by molar-refractivity contribution is 5.71. The summed E-state index contributed by atoms with van der Waals surface area (Å²) in [6.45, 7) is 4.84. The number of aliphatic carboxylic acids is 1. The lowest BCUT2D eigenvalue weighted by Crippen LogP contribution is -2.40. The van der Waals surface area contributed by atoms with E-state index < -0.39 is 18.4 Å². The Kier molecular flexibility index (Phi) is 63.1. The van der Waals surface area contributed by atoms with Crippen molar-refractivity contribution in [1.29, 1.82) is 0 Å². The fourth-order valence-electron chi connectivity index (χ4n) is 10.7. The van der Waals surface area contributed by atoms with Gasteiger partial charge in [-0.2, -0.15) is 0 Å². The average molecular weight is 1170 g/mol. The molecule has 0 radical (unpaired) electrons. The van der Waals surface area contributed by atoms with Gasteiger partial charge in [0.25, 0.3) is 6.29 Å². The summed E-state index contributed by atoms with van der Waals surface area (Å²) in [4.78, 5) is 37.6. The Labute approximate surface area is 514 Å². The minimum Gasteiger partial charge on any atom is -0.477 e. The highest BCUT2D eigenvalue weighted by atomic mass is 16.7. The smallest absolute Gasteiger partial charge is 0.361 e. The molecule has 1 N–H and O–H groups in total. The first-order valence-corrected chi connectivity index (χ1v) is 35.8. The van der Waals surface area contributed by atoms with Crippen LogP contribution in [0.5, 0.6) is 0 Å². The summed E-state index contributed by atoms with van der Waals surface area (Å²) < 4.78 is 23.0. The van der Waals surface area contributed by atoms with E-state index in [-0.39, 0.29) is 38.2 Å². The molecule has 0 fully saturated rings. The third-order valence-corrected chi connectivity index (χ3v) is 16.1. The first-order chi connectivity index (χ1) is 40.6. The van der Waals surface area contributed by atoms with Crippen LogP contribution in [0.3, 0.4) is 0 Å². The van der Waals surface area contributed by atoms with Crippen molar-refractivity contribution >= 4 is 17.9 Å². The molecule has 2 atom stereocenters. The summed E-state index contributed by atoms with van der Waals surface area (Å²) in [5.74, 6) is -1.97. The summed E-state index contributed by atoms with van der Waals surface area (Å²) >= 11 is 0. The lowest BCUT2D eigenvalue weighted by molar-refractivity contribution is -0.870. The van der Waals surface area contributed by atoms with Crippen molar-refractivity contribution in [2.75, 3.05) is 47.5 Å². The van der Waals surface area contributed by atoms with Gasteiger partial charge in [0.1, 0.15) is 13.2 Å². The van der Waals surface area contributed by atoms with Crippen LogP contribution in [-0.2, 0) is 33.3 Å². The third-order valence-electron chi connectivity index (χ3n) is 16.1. The first-order valence-electron chi connectivity index (χ1n) is 35.8. The molecule has 0 aromatic carbocycles. The van der Waals surface area contributed by atoms with Crippen molar-refractivity contribution in [1.82, 2.24) is 0 Å². The van der Waals surface area contributed by atoms with E-state index in [1.165, 1.54) is 257 Å². The molecular weight excluding hydrogens is 1030 g/mol. The van der Waals surface area contributed by atoms with Gasteiger partial charge in [0.2, 0.25) is 0 Å². The van der Waals surface area contributed by atoms with Gasteiger partial charge >= 0.3 is 17.9 Å². The van der Waals surface area contributed by atoms with Crippen molar-refractivity contribution in [3.8, 4) is 0 Å². The molecular formula is C74H138NO8+. The molecule has 0 aliphatic carbocycles. The monoisotopic (exact) mass is 1170 g/mol. The largest absolute Gasteiger partial charge is 0.477 e. The van der Waals surface area contributed by atoms with E-state index in [0.717, 1.165) is 64.2 Å². The molecule has 0 bridgehead atoms. The summed E-state index contributed by atoms with van der Waals surface area (Å²) in [6.07, 6.45) is 80.9. The number of carboxylic acid groups (broad SMARTS) is 1. The number of esters is 2. The van der Waals surface area contributed by atoms with Crippen LogP contribution in [0.25, 0.3) is 0 Å².